The third-order valence-electron chi connectivity index (χ3n) is 2.96. The molecule has 2 aromatic carbocycles. The van der Waals surface area contributed by atoms with Crippen LogP contribution in [0, 0.1) is 5.82 Å². The third-order valence-corrected chi connectivity index (χ3v) is 3.57. The molecular weight excluding hydrogens is 323 g/mol. The number of hydrogen-bond acceptors (Lipinski definition) is 3. The third kappa shape index (κ3) is 3.17. The smallest absolute Gasteiger partial charge is 0.142 e. The van der Waals surface area contributed by atoms with Gasteiger partial charge in [0.2, 0.25) is 0 Å². The highest BCUT2D eigenvalue weighted by atomic mass is 79.9. The fraction of sp³-hybridized carbons (Fsp3) is 0.200. The van der Waals surface area contributed by atoms with Gasteiger partial charge in [0.1, 0.15) is 11.6 Å². The summed E-state index contributed by atoms with van der Waals surface area (Å²) in [7, 11) is 0. The summed E-state index contributed by atoms with van der Waals surface area (Å²) in [5.41, 5.74) is 3.98. The lowest BCUT2D eigenvalue weighted by atomic mass is 9.98. The predicted octanol–water partition coefficient (Wildman–Crippen LogP) is 3.54. The predicted molar refractivity (Wildman–Crippen MR) is 80.9 cm³/mol. The highest BCUT2D eigenvalue weighted by Crippen LogP contribution is 2.29. The molecule has 0 bridgehead atoms. The lowest BCUT2D eigenvalue weighted by Crippen LogP contribution is -2.29. The first-order chi connectivity index (χ1) is 9.67. The molecule has 106 valence electrons. The van der Waals surface area contributed by atoms with Gasteiger partial charge < -0.3 is 4.74 Å². The van der Waals surface area contributed by atoms with Crippen LogP contribution in [0.2, 0.25) is 0 Å². The molecule has 0 aromatic heterocycles. The minimum absolute atomic E-state index is 0.322. The van der Waals surface area contributed by atoms with Gasteiger partial charge >= 0.3 is 0 Å². The Hall–Kier alpha value is -1.43. The Bertz CT molecular complexity index is 592. The summed E-state index contributed by atoms with van der Waals surface area (Å²) in [6, 6.07) is 12.2. The van der Waals surface area contributed by atoms with Gasteiger partial charge in [0.05, 0.1) is 17.1 Å². The lowest BCUT2D eigenvalue weighted by Gasteiger charge is -2.19. The second kappa shape index (κ2) is 6.83. The normalized spacial score (nSPS) is 12.2. The van der Waals surface area contributed by atoms with Crippen LogP contribution in [0.4, 0.5) is 4.39 Å². The molecule has 20 heavy (non-hydrogen) atoms. The summed E-state index contributed by atoms with van der Waals surface area (Å²) in [6.45, 7) is 2.49. The van der Waals surface area contributed by atoms with Crippen LogP contribution in [-0.2, 0) is 0 Å². The number of halogens is 2. The van der Waals surface area contributed by atoms with Crippen molar-refractivity contribution in [3.63, 3.8) is 0 Å². The van der Waals surface area contributed by atoms with Gasteiger partial charge in [-0.3, -0.25) is 5.84 Å². The average molecular weight is 339 g/mol. The maximum atomic E-state index is 14.2. The van der Waals surface area contributed by atoms with Crippen LogP contribution in [-0.4, -0.2) is 6.61 Å². The van der Waals surface area contributed by atoms with Gasteiger partial charge in [-0.2, -0.15) is 0 Å². The van der Waals surface area contributed by atoms with E-state index in [-0.39, 0.29) is 5.82 Å². The quantitative estimate of drug-likeness (QED) is 0.647. The van der Waals surface area contributed by atoms with Crippen LogP contribution >= 0.6 is 15.9 Å². The SMILES string of the molecule is CCOc1cccc(C(NN)c2cccc(Br)c2F)c1. The number of ether oxygens (including phenoxy) is 1. The molecule has 1 atom stereocenters. The van der Waals surface area contributed by atoms with E-state index in [0.717, 1.165) is 11.3 Å². The fourth-order valence-corrected chi connectivity index (χ4v) is 2.44. The summed E-state index contributed by atoms with van der Waals surface area (Å²) in [4.78, 5) is 0. The maximum Gasteiger partial charge on any atom is 0.142 e. The van der Waals surface area contributed by atoms with Crippen molar-refractivity contribution in [2.24, 2.45) is 5.84 Å². The van der Waals surface area contributed by atoms with E-state index in [1.54, 1.807) is 18.2 Å². The molecule has 0 amide bonds. The Morgan fingerprint density at radius 2 is 2.05 bits per heavy atom. The van der Waals surface area contributed by atoms with Crippen LogP contribution in [0.25, 0.3) is 0 Å². The van der Waals surface area contributed by atoms with Crippen LogP contribution < -0.4 is 16.0 Å². The zero-order valence-corrected chi connectivity index (χ0v) is 12.7. The number of hydrogen-bond donors (Lipinski definition) is 2. The number of nitrogens with one attached hydrogen (secondary N) is 1. The maximum absolute atomic E-state index is 14.2. The topological polar surface area (TPSA) is 47.3 Å². The second-order valence-electron chi connectivity index (χ2n) is 4.25. The first-order valence-corrected chi connectivity index (χ1v) is 7.09. The van der Waals surface area contributed by atoms with Crippen molar-refractivity contribution in [3.8, 4) is 5.75 Å². The number of hydrazine groups is 1. The zero-order valence-electron chi connectivity index (χ0n) is 11.1. The van der Waals surface area contributed by atoms with E-state index in [2.05, 4.69) is 21.4 Å². The molecule has 1 unspecified atom stereocenters. The first kappa shape index (κ1) is 15.0. The van der Waals surface area contributed by atoms with E-state index in [0.29, 0.717) is 16.6 Å². The molecule has 5 heteroatoms. The summed E-state index contributed by atoms with van der Waals surface area (Å²) < 4.78 is 20.1. The molecule has 0 fully saturated rings. The zero-order chi connectivity index (χ0) is 14.5. The van der Waals surface area contributed by atoms with Crippen molar-refractivity contribution in [2.75, 3.05) is 6.61 Å². The number of nitrogens with two attached hydrogens (primary N) is 1. The molecule has 0 aliphatic carbocycles. The van der Waals surface area contributed by atoms with Gasteiger partial charge in [0.25, 0.3) is 0 Å². The van der Waals surface area contributed by atoms with Crippen molar-refractivity contribution < 1.29 is 9.13 Å². The van der Waals surface area contributed by atoms with E-state index in [4.69, 9.17) is 10.6 Å². The van der Waals surface area contributed by atoms with Crippen molar-refractivity contribution in [2.45, 2.75) is 13.0 Å². The highest BCUT2D eigenvalue weighted by molar-refractivity contribution is 9.10. The molecule has 0 aliphatic rings. The summed E-state index contributed by atoms with van der Waals surface area (Å²) in [6.07, 6.45) is 0. The van der Waals surface area contributed by atoms with Crippen molar-refractivity contribution in [1.29, 1.82) is 0 Å². The minimum Gasteiger partial charge on any atom is -0.494 e. The standard InChI is InChI=1S/C15H16BrFN2O/c1-2-20-11-6-3-5-10(9-11)15(19-18)12-7-4-8-13(16)14(12)17/h3-9,15,19H,2,18H2,1H3. The van der Waals surface area contributed by atoms with E-state index < -0.39 is 6.04 Å². The van der Waals surface area contributed by atoms with E-state index in [9.17, 15) is 4.39 Å². The molecule has 3 nitrogen and oxygen atoms in total. The second-order valence-corrected chi connectivity index (χ2v) is 5.10. The summed E-state index contributed by atoms with van der Waals surface area (Å²) >= 11 is 3.19. The molecule has 2 aromatic rings. The van der Waals surface area contributed by atoms with Crippen molar-refractivity contribution in [3.05, 3.63) is 63.9 Å². The largest absolute Gasteiger partial charge is 0.494 e. The molecular formula is C15H16BrFN2O. The van der Waals surface area contributed by atoms with E-state index >= 15 is 0 Å². The molecule has 0 saturated heterocycles. The molecule has 0 heterocycles. The fourth-order valence-electron chi connectivity index (χ4n) is 2.06. The minimum atomic E-state index is -0.437. The first-order valence-electron chi connectivity index (χ1n) is 6.30. The molecule has 2 rings (SSSR count). The van der Waals surface area contributed by atoms with Crippen LogP contribution in [0.3, 0.4) is 0 Å². The van der Waals surface area contributed by atoms with Gasteiger partial charge in [0.15, 0.2) is 0 Å². The van der Waals surface area contributed by atoms with Crippen LogP contribution in [0.5, 0.6) is 5.75 Å². The van der Waals surface area contributed by atoms with Crippen LogP contribution in [0.1, 0.15) is 24.1 Å². The molecule has 0 aliphatic heterocycles. The molecule has 0 spiro atoms. The highest BCUT2D eigenvalue weighted by Gasteiger charge is 2.18. The Kier molecular flexibility index (Phi) is 5.11. The molecule has 0 saturated carbocycles. The van der Waals surface area contributed by atoms with E-state index in [1.807, 2.05) is 31.2 Å². The lowest BCUT2D eigenvalue weighted by molar-refractivity contribution is 0.339. The Morgan fingerprint density at radius 1 is 1.30 bits per heavy atom. The van der Waals surface area contributed by atoms with Gasteiger partial charge in [-0.05, 0) is 46.6 Å². The molecule has 0 radical (unpaired) electrons. The van der Waals surface area contributed by atoms with Gasteiger partial charge in [-0.1, -0.05) is 24.3 Å². The summed E-state index contributed by atoms with van der Waals surface area (Å²) in [5.74, 6) is 6.02. The van der Waals surface area contributed by atoms with Crippen molar-refractivity contribution >= 4 is 15.9 Å². The average Bonchev–Trinajstić information content (AvgIpc) is 2.45. The Labute approximate surface area is 126 Å². The van der Waals surface area contributed by atoms with Crippen LogP contribution in [0.15, 0.2) is 46.9 Å². The van der Waals surface area contributed by atoms with Gasteiger partial charge in [-0.15, -0.1) is 0 Å². The number of rotatable bonds is 5. The van der Waals surface area contributed by atoms with E-state index in [1.165, 1.54) is 0 Å². The molecule has 3 N–H and O–H groups in total. The Morgan fingerprint density at radius 3 is 2.75 bits per heavy atom. The van der Waals surface area contributed by atoms with Gasteiger partial charge in [0, 0.05) is 5.56 Å². The number of benzene rings is 2. The van der Waals surface area contributed by atoms with Gasteiger partial charge in [-0.25, -0.2) is 9.82 Å². The summed E-state index contributed by atoms with van der Waals surface area (Å²) in [5, 5.41) is 0. The monoisotopic (exact) mass is 338 g/mol. The Balaban J connectivity index is 2.41. The van der Waals surface area contributed by atoms with Crippen molar-refractivity contribution in [1.82, 2.24) is 5.43 Å².